The maximum Gasteiger partial charge on any atom is 0.322 e. The number of nitrogens with zero attached hydrogens (tertiary/aromatic N) is 4. The van der Waals surface area contributed by atoms with Gasteiger partial charge in [0.15, 0.2) is 5.82 Å². The van der Waals surface area contributed by atoms with Gasteiger partial charge in [-0.3, -0.25) is 4.98 Å². The molecule has 0 saturated heterocycles. The average molecular weight is 512 g/mol. The summed E-state index contributed by atoms with van der Waals surface area (Å²) in [6, 6.07) is 30.4. The van der Waals surface area contributed by atoms with Gasteiger partial charge in [-0.15, -0.1) is 0 Å². The van der Waals surface area contributed by atoms with Crippen molar-refractivity contribution in [2.24, 2.45) is 0 Å². The summed E-state index contributed by atoms with van der Waals surface area (Å²) in [5.41, 5.74) is 9.10. The van der Waals surface area contributed by atoms with Gasteiger partial charge in [0.1, 0.15) is 0 Å². The summed E-state index contributed by atoms with van der Waals surface area (Å²) < 4.78 is 0. The summed E-state index contributed by atoms with van der Waals surface area (Å²) in [6.07, 6.45) is 5.01. The highest BCUT2D eigenvalue weighted by atomic mass is 16.2. The number of urea groups is 1. The Balaban J connectivity index is 1.27. The highest BCUT2D eigenvalue weighted by Gasteiger charge is 2.27. The van der Waals surface area contributed by atoms with Crippen LogP contribution >= 0.6 is 0 Å². The smallest absolute Gasteiger partial charge is 0.320 e. The number of anilines is 1. The van der Waals surface area contributed by atoms with E-state index in [4.69, 9.17) is 9.97 Å². The van der Waals surface area contributed by atoms with E-state index in [0.717, 1.165) is 51.3 Å². The molecule has 39 heavy (non-hydrogen) atoms. The molecule has 2 aromatic heterocycles. The quantitative estimate of drug-likeness (QED) is 0.285. The van der Waals surface area contributed by atoms with E-state index in [1.807, 2.05) is 65.6 Å². The number of carbonyl (C=O) groups excluding carboxylic acids is 1. The second-order valence-corrected chi connectivity index (χ2v) is 9.84. The summed E-state index contributed by atoms with van der Waals surface area (Å²) in [7, 11) is 0. The van der Waals surface area contributed by atoms with Crippen LogP contribution in [0.3, 0.4) is 0 Å². The summed E-state index contributed by atoms with van der Waals surface area (Å²) in [6.45, 7) is 3.12. The Labute approximate surface area is 228 Å². The number of fused-ring (bicyclic) bond motifs is 1. The lowest BCUT2D eigenvalue weighted by Crippen LogP contribution is -2.39. The zero-order chi connectivity index (χ0) is 26.6. The molecule has 6 nitrogen and oxygen atoms in total. The zero-order valence-electron chi connectivity index (χ0n) is 21.8. The predicted octanol–water partition coefficient (Wildman–Crippen LogP) is 6.70. The molecular formula is C33H29N5O. The molecule has 1 aliphatic heterocycles. The number of amides is 2. The molecule has 0 unspecified atom stereocenters. The lowest BCUT2D eigenvalue weighted by atomic mass is 9.96. The largest absolute Gasteiger partial charge is 0.322 e. The molecule has 5 aromatic rings. The fourth-order valence-corrected chi connectivity index (χ4v) is 5.07. The number of hydrogen-bond donors (Lipinski definition) is 1. The van der Waals surface area contributed by atoms with E-state index in [9.17, 15) is 4.79 Å². The first kappa shape index (κ1) is 24.5. The van der Waals surface area contributed by atoms with E-state index >= 15 is 0 Å². The van der Waals surface area contributed by atoms with Gasteiger partial charge in [-0.2, -0.15) is 0 Å². The molecule has 1 N–H and O–H groups in total. The van der Waals surface area contributed by atoms with E-state index in [0.29, 0.717) is 25.3 Å². The molecule has 0 radical (unpaired) electrons. The van der Waals surface area contributed by atoms with Crippen molar-refractivity contribution in [1.82, 2.24) is 19.9 Å². The van der Waals surface area contributed by atoms with E-state index in [2.05, 4.69) is 47.6 Å². The first-order chi connectivity index (χ1) is 19.1. The molecule has 6 rings (SSSR count). The van der Waals surface area contributed by atoms with Crippen molar-refractivity contribution in [2.75, 3.05) is 11.9 Å². The van der Waals surface area contributed by atoms with Crippen LogP contribution in [0.25, 0.3) is 22.6 Å². The van der Waals surface area contributed by atoms with E-state index in [-0.39, 0.29) is 6.03 Å². The summed E-state index contributed by atoms with van der Waals surface area (Å²) in [4.78, 5) is 29.4. The number of pyridine rings is 1. The molecule has 3 aromatic carbocycles. The molecule has 0 aliphatic carbocycles. The lowest BCUT2D eigenvalue weighted by Gasteiger charge is -2.30. The fraction of sp³-hybridized carbons (Fsp3) is 0.152. The maximum absolute atomic E-state index is 13.4. The Morgan fingerprint density at radius 2 is 1.72 bits per heavy atom. The number of nitrogens with one attached hydrogen (secondary N) is 1. The Morgan fingerprint density at radius 3 is 2.54 bits per heavy atom. The fourth-order valence-electron chi connectivity index (χ4n) is 5.07. The minimum absolute atomic E-state index is 0.121. The van der Waals surface area contributed by atoms with Gasteiger partial charge < -0.3 is 10.2 Å². The van der Waals surface area contributed by atoms with Crippen molar-refractivity contribution in [2.45, 2.75) is 26.3 Å². The van der Waals surface area contributed by atoms with Crippen LogP contribution in [0.5, 0.6) is 0 Å². The second kappa shape index (κ2) is 10.9. The zero-order valence-corrected chi connectivity index (χ0v) is 21.8. The molecule has 1 aliphatic rings. The highest BCUT2D eigenvalue weighted by molar-refractivity contribution is 5.89. The number of aromatic nitrogens is 3. The molecule has 192 valence electrons. The lowest BCUT2D eigenvalue weighted by molar-refractivity contribution is 0.206. The third-order valence-corrected chi connectivity index (χ3v) is 7.10. The number of carbonyl (C=O) groups is 1. The number of aryl methyl sites for hydroxylation is 1. The van der Waals surface area contributed by atoms with Gasteiger partial charge >= 0.3 is 6.03 Å². The van der Waals surface area contributed by atoms with Gasteiger partial charge in [-0.1, -0.05) is 66.7 Å². The first-order valence-electron chi connectivity index (χ1n) is 13.2. The summed E-state index contributed by atoms with van der Waals surface area (Å²) in [5, 5.41) is 3.11. The van der Waals surface area contributed by atoms with Crippen molar-refractivity contribution in [1.29, 1.82) is 0 Å². The minimum Gasteiger partial charge on any atom is -0.320 e. The van der Waals surface area contributed by atoms with Crippen LogP contribution in [-0.4, -0.2) is 32.4 Å². The molecule has 0 spiro atoms. The first-order valence-corrected chi connectivity index (χ1v) is 13.2. The van der Waals surface area contributed by atoms with Crippen LogP contribution in [0.15, 0.2) is 103 Å². The Bertz CT molecular complexity index is 1620. The van der Waals surface area contributed by atoms with Crippen LogP contribution in [-0.2, 0) is 19.4 Å². The van der Waals surface area contributed by atoms with E-state index < -0.39 is 0 Å². The Hall–Kier alpha value is -4.84. The Morgan fingerprint density at radius 1 is 0.897 bits per heavy atom. The highest BCUT2D eigenvalue weighted by Crippen LogP contribution is 2.32. The van der Waals surface area contributed by atoms with Crippen LogP contribution in [0.4, 0.5) is 10.5 Å². The van der Waals surface area contributed by atoms with Crippen molar-refractivity contribution < 1.29 is 4.79 Å². The van der Waals surface area contributed by atoms with Gasteiger partial charge in [0, 0.05) is 47.7 Å². The number of benzene rings is 3. The molecule has 3 heterocycles. The van der Waals surface area contributed by atoms with Gasteiger partial charge in [-0.05, 0) is 54.3 Å². The standard InChI is InChI=1S/C33H29N5O/c1-23-9-5-6-15-28(23)31-29-22-38(18-16-30(29)36-32(37-31)26-13-8-17-34-21-26)33(39)35-27-14-7-12-25(20-27)19-24-10-3-2-4-11-24/h2-15,17,20-21H,16,18-19,22H2,1H3,(H,35,39). The molecule has 0 bridgehead atoms. The normalized spacial score (nSPS) is 12.6. The molecular weight excluding hydrogens is 482 g/mol. The predicted molar refractivity (Wildman–Crippen MR) is 154 cm³/mol. The molecule has 6 heteroatoms. The molecule has 0 fully saturated rings. The van der Waals surface area contributed by atoms with Gasteiger partial charge in [0.05, 0.1) is 17.9 Å². The SMILES string of the molecule is Cc1ccccc1-c1nc(-c2cccnc2)nc2c1CN(C(=O)Nc1cccc(Cc3ccccc3)c1)CC2. The molecule has 0 atom stereocenters. The van der Waals surface area contributed by atoms with Crippen molar-refractivity contribution >= 4 is 11.7 Å². The average Bonchev–Trinajstić information content (AvgIpc) is 2.98. The third kappa shape index (κ3) is 5.41. The maximum atomic E-state index is 13.4. The van der Waals surface area contributed by atoms with Crippen molar-refractivity contribution in [3.05, 3.63) is 131 Å². The molecule has 0 saturated carbocycles. The second-order valence-electron chi connectivity index (χ2n) is 9.84. The number of hydrogen-bond acceptors (Lipinski definition) is 4. The topological polar surface area (TPSA) is 71.0 Å². The van der Waals surface area contributed by atoms with E-state index in [1.54, 1.807) is 12.4 Å². The van der Waals surface area contributed by atoms with Gasteiger partial charge in [0.25, 0.3) is 0 Å². The molecule has 2 amide bonds. The third-order valence-electron chi connectivity index (χ3n) is 7.10. The van der Waals surface area contributed by atoms with Crippen molar-refractivity contribution in [3.63, 3.8) is 0 Å². The van der Waals surface area contributed by atoms with Crippen LogP contribution in [0.1, 0.15) is 27.9 Å². The number of rotatable bonds is 5. The van der Waals surface area contributed by atoms with Crippen LogP contribution in [0, 0.1) is 6.92 Å². The van der Waals surface area contributed by atoms with Crippen LogP contribution in [0.2, 0.25) is 0 Å². The van der Waals surface area contributed by atoms with Crippen LogP contribution < -0.4 is 5.32 Å². The monoisotopic (exact) mass is 511 g/mol. The summed E-state index contributed by atoms with van der Waals surface area (Å²) >= 11 is 0. The van der Waals surface area contributed by atoms with Gasteiger partial charge in [0.2, 0.25) is 0 Å². The van der Waals surface area contributed by atoms with E-state index in [1.165, 1.54) is 5.56 Å². The minimum atomic E-state index is -0.121. The summed E-state index contributed by atoms with van der Waals surface area (Å²) in [5.74, 6) is 0.660. The van der Waals surface area contributed by atoms with Crippen molar-refractivity contribution in [3.8, 4) is 22.6 Å². The Kier molecular flexibility index (Phi) is 6.83. The van der Waals surface area contributed by atoms with Gasteiger partial charge in [-0.25, -0.2) is 14.8 Å².